The van der Waals surface area contributed by atoms with Crippen LogP contribution in [0.1, 0.15) is 24.1 Å². The zero-order valence-corrected chi connectivity index (χ0v) is 17.9. The highest BCUT2D eigenvalue weighted by Crippen LogP contribution is 2.20. The van der Waals surface area contributed by atoms with Crippen LogP contribution in [-0.2, 0) is 20.7 Å². The summed E-state index contributed by atoms with van der Waals surface area (Å²) in [6.45, 7) is 4.98. The molecule has 2 aromatic carbocycles. The lowest BCUT2D eigenvalue weighted by molar-refractivity contribution is -0.145. The molecule has 3 amide bonds. The van der Waals surface area contributed by atoms with Crippen LogP contribution in [-0.4, -0.2) is 42.8 Å². The van der Waals surface area contributed by atoms with E-state index in [2.05, 4.69) is 17.1 Å². The lowest BCUT2D eigenvalue weighted by atomic mass is 10.1. The summed E-state index contributed by atoms with van der Waals surface area (Å²) in [7, 11) is 1.17. The molecule has 0 aromatic heterocycles. The van der Waals surface area contributed by atoms with Gasteiger partial charge in [0.2, 0.25) is 0 Å². The summed E-state index contributed by atoms with van der Waals surface area (Å²) in [5, 5.41) is 5.53. The number of nitrogens with zero attached hydrogens (tertiary/aromatic N) is 2. The zero-order chi connectivity index (χ0) is 23.5. The second-order valence-corrected chi connectivity index (χ2v) is 6.80. The lowest BCUT2D eigenvalue weighted by Gasteiger charge is -2.27. The second-order valence-electron chi connectivity index (χ2n) is 6.80. The maximum Gasteiger partial charge on any atom is 0.419 e. The number of carbonyl (C=O) groups is 3. The van der Waals surface area contributed by atoms with Crippen LogP contribution in [0.2, 0.25) is 0 Å². The highest BCUT2D eigenvalue weighted by atomic mass is 16.6. The molecule has 2 unspecified atom stereocenters. The number of ether oxygens (including phenoxy) is 2. The Kier molecular flexibility index (Phi) is 9.09. The van der Waals surface area contributed by atoms with Crippen LogP contribution in [0.5, 0.6) is 0 Å². The Morgan fingerprint density at radius 2 is 1.78 bits per heavy atom. The number of benzene rings is 2. The molecule has 9 heteroatoms. The standard InChI is InChI=1S/C23H25N3O6/c1-4-14-32-23(29)26(20(21(27)31-3)15-17-8-6-5-7-9-17)22(28)24-19-12-10-18(11-13-19)16(2)25-30/h4-13,16,20H,1,14-15H2,2-3H3,(H,24,28). The van der Waals surface area contributed by atoms with E-state index < -0.39 is 30.2 Å². The molecule has 0 bridgehead atoms. The van der Waals surface area contributed by atoms with Gasteiger partial charge in [-0.15, -0.1) is 0 Å². The minimum Gasteiger partial charge on any atom is -0.467 e. The Labute approximate surface area is 186 Å². The van der Waals surface area contributed by atoms with Crippen LogP contribution in [0.25, 0.3) is 0 Å². The van der Waals surface area contributed by atoms with Crippen molar-refractivity contribution in [3.63, 3.8) is 0 Å². The molecule has 32 heavy (non-hydrogen) atoms. The van der Waals surface area contributed by atoms with Gasteiger partial charge in [0, 0.05) is 12.1 Å². The first-order valence-electron chi connectivity index (χ1n) is 9.83. The Hall–Kier alpha value is -4.01. The fraction of sp³-hybridized carbons (Fsp3) is 0.261. The Morgan fingerprint density at radius 1 is 1.12 bits per heavy atom. The van der Waals surface area contributed by atoms with E-state index in [9.17, 15) is 19.3 Å². The molecule has 0 fully saturated rings. The number of amides is 3. The molecular weight excluding hydrogens is 414 g/mol. The van der Waals surface area contributed by atoms with Crippen molar-refractivity contribution in [3.8, 4) is 0 Å². The summed E-state index contributed by atoms with van der Waals surface area (Å²) >= 11 is 0. The molecule has 2 atom stereocenters. The third-order valence-corrected chi connectivity index (χ3v) is 4.60. The number of hydrogen-bond donors (Lipinski definition) is 1. The molecule has 2 rings (SSSR count). The number of methoxy groups -OCH3 is 1. The van der Waals surface area contributed by atoms with Crippen LogP contribution in [0.15, 0.2) is 72.4 Å². The SMILES string of the molecule is C=CCOC(=O)N(C(=O)Nc1ccc(C(C)N=O)cc1)C(Cc1ccccc1)C(=O)OC. The van der Waals surface area contributed by atoms with E-state index in [4.69, 9.17) is 9.47 Å². The first-order chi connectivity index (χ1) is 15.4. The van der Waals surface area contributed by atoms with Crippen molar-refractivity contribution in [1.29, 1.82) is 0 Å². The molecule has 168 valence electrons. The van der Waals surface area contributed by atoms with Crippen LogP contribution in [0.3, 0.4) is 0 Å². The van der Waals surface area contributed by atoms with Gasteiger partial charge in [-0.05, 0) is 30.2 Å². The van der Waals surface area contributed by atoms with Crippen LogP contribution in [0, 0.1) is 4.91 Å². The topological polar surface area (TPSA) is 114 Å². The van der Waals surface area contributed by atoms with E-state index in [1.54, 1.807) is 55.5 Å². The largest absolute Gasteiger partial charge is 0.467 e. The lowest BCUT2D eigenvalue weighted by Crippen LogP contribution is -2.52. The number of esters is 1. The summed E-state index contributed by atoms with van der Waals surface area (Å²) in [6, 6.07) is 12.6. The molecule has 0 spiro atoms. The molecule has 0 saturated carbocycles. The third kappa shape index (κ3) is 6.49. The number of imide groups is 1. The van der Waals surface area contributed by atoms with Crippen molar-refractivity contribution in [2.75, 3.05) is 19.0 Å². The van der Waals surface area contributed by atoms with Gasteiger partial charge in [-0.25, -0.2) is 19.3 Å². The average Bonchev–Trinajstić information content (AvgIpc) is 2.82. The Bertz CT molecular complexity index is 946. The second kappa shape index (κ2) is 12.0. The van der Waals surface area contributed by atoms with Gasteiger partial charge >= 0.3 is 18.1 Å². The fourth-order valence-corrected chi connectivity index (χ4v) is 2.89. The smallest absolute Gasteiger partial charge is 0.419 e. The molecule has 0 aliphatic heterocycles. The van der Waals surface area contributed by atoms with Crippen molar-refractivity contribution < 1.29 is 23.9 Å². The van der Waals surface area contributed by atoms with E-state index in [-0.39, 0.29) is 13.0 Å². The minimum atomic E-state index is -1.27. The van der Waals surface area contributed by atoms with E-state index in [1.165, 1.54) is 13.2 Å². The molecule has 0 saturated heterocycles. The third-order valence-electron chi connectivity index (χ3n) is 4.60. The van der Waals surface area contributed by atoms with Gasteiger partial charge in [-0.2, -0.15) is 4.91 Å². The fourth-order valence-electron chi connectivity index (χ4n) is 2.89. The maximum absolute atomic E-state index is 13.1. The van der Waals surface area contributed by atoms with Gasteiger partial charge in [0.05, 0.1) is 7.11 Å². The van der Waals surface area contributed by atoms with Gasteiger partial charge < -0.3 is 14.8 Å². The molecule has 0 heterocycles. The van der Waals surface area contributed by atoms with Crippen molar-refractivity contribution >= 4 is 23.8 Å². The van der Waals surface area contributed by atoms with Crippen molar-refractivity contribution in [2.45, 2.75) is 25.4 Å². The van der Waals surface area contributed by atoms with E-state index in [0.29, 0.717) is 16.2 Å². The summed E-state index contributed by atoms with van der Waals surface area (Å²) < 4.78 is 9.89. The number of urea groups is 1. The molecule has 0 aliphatic carbocycles. The first-order valence-corrected chi connectivity index (χ1v) is 9.83. The van der Waals surface area contributed by atoms with E-state index in [1.807, 2.05) is 6.07 Å². The molecule has 0 aliphatic rings. The zero-order valence-electron chi connectivity index (χ0n) is 17.9. The van der Waals surface area contributed by atoms with Crippen molar-refractivity contribution in [2.24, 2.45) is 5.18 Å². The highest BCUT2D eigenvalue weighted by Gasteiger charge is 2.37. The molecule has 1 N–H and O–H groups in total. The number of anilines is 1. The number of nitroso groups, excluding NO2 is 1. The van der Waals surface area contributed by atoms with Crippen molar-refractivity contribution in [1.82, 2.24) is 4.90 Å². The van der Waals surface area contributed by atoms with Crippen LogP contribution >= 0.6 is 0 Å². The monoisotopic (exact) mass is 439 g/mol. The van der Waals surface area contributed by atoms with Crippen LogP contribution < -0.4 is 5.32 Å². The number of carbonyl (C=O) groups excluding carboxylic acids is 3. The summed E-state index contributed by atoms with van der Waals surface area (Å²) in [6.07, 6.45) is 0.356. The number of hydrogen-bond acceptors (Lipinski definition) is 7. The van der Waals surface area contributed by atoms with Crippen molar-refractivity contribution in [3.05, 3.63) is 83.3 Å². The van der Waals surface area contributed by atoms with Gasteiger partial charge in [0.25, 0.3) is 0 Å². The molecular formula is C23H25N3O6. The summed E-state index contributed by atoms with van der Waals surface area (Å²) in [5.41, 5.74) is 1.73. The Morgan fingerprint density at radius 3 is 2.34 bits per heavy atom. The summed E-state index contributed by atoms with van der Waals surface area (Å²) in [5.74, 6) is -0.777. The molecule has 2 aromatic rings. The summed E-state index contributed by atoms with van der Waals surface area (Å²) in [4.78, 5) is 49.7. The number of rotatable bonds is 9. The van der Waals surface area contributed by atoms with Gasteiger partial charge in [-0.1, -0.05) is 60.3 Å². The van der Waals surface area contributed by atoms with Gasteiger partial charge in [-0.3, -0.25) is 0 Å². The van der Waals surface area contributed by atoms with Crippen LogP contribution in [0.4, 0.5) is 15.3 Å². The minimum absolute atomic E-state index is 0.0333. The van der Waals surface area contributed by atoms with E-state index in [0.717, 1.165) is 5.56 Å². The molecule has 9 nitrogen and oxygen atoms in total. The predicted octanol–water partition coefficient (Wildman–Crippen LogP) is 4.45. The maximum atomic E-state index is 13.1. The average molecular weight is 439 g/mol. The van der Waals surface area contributed by atoms with Gasteiger partial charge in [0.1, 0.15) is 18.7 Å². The number of nitrogens with one attached hydrogen (secondary N) is 1. The molecule has 0 radical (unpaired) electrons. The predicted molar refractivity (Wildman–Crippen MR) is 119 cm³/mol. The Balaban J connectivity index is 2.33. The van der Waals surface area contributed by atoms with Gasteiger partial charge in [0.15, 0.2) is 0 Å². The quantitative estimate of drug-likeness (QED) is 0.351. The first kappa shape index (κ1) is 24.3. The normalized spacial score (nSPS) is 12.1. The van der Waals surface area contributed by atoms with E-state index >= 15 is 0 Å². The highest BCUT2D eigenvalue weighted by molar-refractivity contribution is 6.02.